The van der Waals surface area contributed by atoms with E-state index < -0.39 is 5.69 Å². The van der Waals surface area contributed by atoms with Crippen molar-refractivity contribution in [2.75, 3.05) is 0 Å². The number of aromatic nitrogens is 2. The number of rotatable bonds is 2. The normalized spacial score (nSPS) is 10.1. The molecule has 0 aliphatic heterocycles. The van der Waals surface area contributed by atoms with E-state index in [1.165, 1.54) is 17.7 Å². The lowest BCUT2D eigenvalue weighted by Crippen LogP contribution is -2.38. The Balaban J connectivity index is 3.41. The SMILES string of the molecule is Cn1c(CC(=N)N)cc(=O)n(C)c1=O. The maximum atomic E-state index is 11.4. The summed E-state index contributed by atoms with van der Waals surface area (Å²) in [5.41, 5.74) is 4.85. The van der Waals surface area contributed by atoms with Crippen LogP contribution < -0.4 is 17.0 Å². The first-order valence-electron chi connectivity index (χ1n) is 4.02. The Hall–Kier alpha value is -1.85. The Labute approximate surface area is 80.1 Å². The number of amidine groups is 1. The Kier molecular flexibility index (Phi) is 2.55. The van der Waals surface area contributed by atoms with E-state index in [1.54, 1.807) is 7.05 Å². The standard InChI is InChI=1S/C8H12N4O2/c1-11-5(3-6(9)10)4-7(13)12(2)8(11)14/h4H,3H2,1-2H3,(H3,9,10). The highest BCUT2D eigenvalue weighted by molar-refractivity contribution is 5.78. The molecule has 1 rings (SSSR count). The summed E-state index contributed by atoms with van der Waals surface area (Å²) in [7, 11) is 2.95. The van der Waals surface area contributed by atoms with Gasteiger partial charge < -0.3 is 10.3 Å². The van der Waals surface area contributed by atoms with Crippen LogP contribution >= 0.6 is 0 Å². The zero-order chi connectivity index (χ0) is 10.9. The monoisotopic (exact) mass is 196 g/mol. The summed E-state index contributed by atoms with van der Waals surface area (Å²) in [4.78, 5) is 22.6. The Morgan fingerprint density at radius 1 is 1.43 bits per heavy atom. The van der Waals surface area contributed by atoms with Gasteiger partial charge in [0.2, 0.25) is 0 Å². The molecule has 0 fully saturated rings. The zero-order valence-electron chi connectivity index (χ0n) is 8.07. The smallest absolute Gasteiger partial charge is 0.330 e. The quantitative estimate of drug-likeness (QED) is 0.448. The molecule has 0 bridgehead atoms. The van der Waals surface area contributed by atoms with Crippen LogP contribution in [-0.2, 0) is 20.5 Å². The fraction of sp³-hybridized carbons (Fsp3) is 0.375. The summed E-state index contributed by atoms with van der Waals surface area (Å²) in [6, 6.07) is 1.31. The van der Waals surface area contributed by atoms with Gasteiger partial charge in [0, 0.05) is 32.3 Å². The van der Waals surface area contributed by atoms with Gasteiger partial charge in [-0.05, 0) is 0 Å². The van der Waals surface area contributed by atoms with Crippen molar-refractivity contribution >= 4 is 5.84 Å². The third-order valence-corrected chi connectivity index (χ3v) is 2.00. The molecule has 0 saturated heterocycles. The molecule has 0 aromatic carbocycles. The van der Waals surface area contributed by atoms with Crippen molar-refractivity contribution in [1.82, 2.24) is 9.13 Å². The minimum atomic E-state index is -0.409. The topological polar surface area (TPSA) is 93.9 Å². The Morgan fingerprint density at radius 2 is 2.00 bits per heavy atom. The van der Waals surface area contributed by atoms with Crippen LogP contribution in [0.4, 0.5) is 0 Å². The molecule has 1 heterocycles. The third kappa shape index (κ3) is 1.73. The number of hydrogen-bond acceptors (Lipinski definition) is 3. The minimum Gasteiger partial charge on any atom is -0.387 e. The molecular formula is C8H12N4O2. The molecule has 14 heavy (non-hydrogen) atoms. The summed E-state index contributed by atoms with van der Waals surface area (Å²) in [5.74, 6) is -0.0757. The van der Waals surface area contributed by atoms with Crippen LogP contribution in [0.2, 0.25) is 0 Å². The molecule has 76 valence electrons. The van der Waals surface area contributed by atoms with Gasteiger partial charge in [0.1, 0.15) is 0 Å². The third-order valence-electron chi connectivity index (χ3n) is 2.00. The van der Waals surface area contributed by atoms with Crippen LogP contribution in [0.3, 0.4) is 0 Å². The van der Waals surface area contributed by atoms with E-state index in [2.05, 4.69) is 0 Å². The van der Waals surface area contributed by atoms with Crippen molar-refractivity contribution in [1.29, 1.82) is 5.41 Å². The van der Waals surface area contributed by atoms with Gasteiger partial charge in [0.25, 0.3) is 5.56 Å². The predicted octanol–water partition coefficient (Wildman–Crippen LogP) is -1.44. The molecule has 0 radical (unpaired) electrons. The molecule has 6 nitrogen and oxygen atoms in total. The van der Waals surface area contributed by atoms with Gasteiger partial charge in [-0.3, -0.25) is 14.8 Å². The van der Waals surface area contributed by atoms with Crippen LogP contribution in [0, 0.1) is 5.41 Å². The van der Waals surface area contributed by atoms with Crippen LogP contribution in [0.1, 0.15) is 5.69 Å². The predicted molar refractivity (Wildman–Crippen MR) is 52.5 cm³/mol. The highest BCUT2D eigenvalue weighted by atomic mass is 16.2. The van der Waals surface area contributed by atoms with Gasteiger partial charge in [-0.15, -0.1) is 0 Å². The Morgan fingerprint density at radius 3 is 2.50 bits per heavy atom. The van der Waals surface area contributed by atoms with Gasteiger partial charge in [-0.25, -0.2) is 4.79 Å². The molecule has 0 aliphatic rings. The lowest BCUT2D eigenvalue weighted by Gasteiger charge is -2.07. The average molecular weight is 196 g/mol. The summed E-state index contributed by atoms with van der Waals surface area (Å²) in [5, 5.41) is 7.08. The largest absolute Gasteiger partial charge is 0.387 e. The van der Waals surface area contributed by atoms with Gasteiger partial charge in [-0.1, -0.05) is 0 Å². The van der Waals surface area contributed by atoms with Gasteiger partial charge in [-0.2, -0.15) is 0 Å². The minimum absolute atomic E-state index is 0.0757. The maximum absolute atomic E-state index is 11.4. The van der Waals surface area contributed by atoms with Crippen LogP contribution in [0.5, 0.6) is 0 Å². The fourth-order valence-electron chi connectivity index (χ4n) is 1.14. The van der Waals surface area contributed by atoms with Crippen LogP contribution in [0.25, 0.3) is 0 Å². The van der Waals surface area contributed by atoms with Crippen molar-refractivity contribution < 1.29 is 0 Å². The fourth-order valence-corrected chi connectivity index (χ4v) is 1.14. The first-order valence-corrected chi connectivity index (χ1v) is 4.02. The number of nitrogens with zero attached hydrogens (tertiary/aromatic N) is 2. The molecule has 0 atom stereocenters. The van der Waals surface area contributed by atoms with E-state index in [1.807, 2.05) is 0 Å². The number of nitrogens with one attached hydrogen (secondary N) is 1. The second-order valence-corrected chi connectivity index (χ2v) is 3.08. The lowest BCUT2D eigenvalue weighted by molar-refractivity contribution is 0.661. The Bertz CT molecular complexity index is 483. The molecule has 0 aliphatic carbocycles. The highest BCUT2D eigenvalue weighted by Gasteiger charge is 2.06. The average Bonchev–Trinajstić information content (AvgIpc) is 2.10. The molecule has 3 N–H and O–H groups in total. The van der Waals surface area contributed by atoms with Gasteiger partial charge >= 0.3 is 5.69 Å². The number of hydrogen-bond donors (Lipinski definition) is 2. The summed E-state index contributed by atoms with van der Waals surface area (Å²) < 4.78 is 2.31. The molecule has 6 heteroatoms. The number of nitrogens with two attached hydrogens (primary N) is 1. The second kappa shape index (κ2) is 3.49. The maximum Gasteiger partial charge on any atom is 0.330 e. The molecule has 1 aromatic rings. The molecule has 0 saturated carbocycles. The van der Waals surface area contributed by atoms with Crippen LogP contribution in [-0.4, -0.2) is 15.0 Å². The molecule has 0 spiro atoms. The van der Waals surface area contributed by atoms with E-state index in [9.17, 15) is 9.59 Å². The highest BCUT2D eigenvalue weighted by Crippen LogP contribution is 1.91. The van der Waals surface area contributed by atoms with Crippen LogP contribution in [0.15, 0.2) is 15.7 Å². The van der Waals surface area contributed by atoms with E-state index in [4.69, 9.17) is 11.1 Å². The summed E-state index contributed by atoms with van der Waals surface area (Å²) >= 11 is 0. The van der Waals surface area contributed by atoms with Crippen molar-refractivity contribution in [3.63, 3.8) is 0 Å². The van der Waals surface area contributed by atoms with Gasteiger partial charge in [0.15, 0.2) is 0 Å². The van der Waals surface area contributed by atoms with E-state index in [0.29, 0.717) is 5.69 Å². The molecular weight excluding hydrogens is 184 g/mol. The zero-order valence-corrected chi connectivity index (χ0v) is 8.07. The van der Waals surface area contributed by atoms with E-state index >= 15 is 0 Å². The molecule has 0 unspecified atom stereocenters. The van der Waals surface area contributed by atoms with Crippen molar-refractivity contribution in [3.8, 4) is 0 Å². The molecule has 0 amide bonds. The van der Waals surface area contributed by atoms with Crippen molar-refractivity contribution in [2.45, 2.75) is 6.42 Å². The molecule has 1 aromatic heterocycles. The van der Waals surface area contributed by atoms with E-state index in [-0.39, 0.29) is 17.8 Å². The van der Waals surface area contributed by atoms with Crippen molar-refractivity contribution in [3.05, 3.63) is 32.6 Å². The summed E-state index contributed by atoms with van der Waals surface area (Å²) in [6.45, 7) is 0. The summed E-state index contributed by atoms with van der Waals surface area (Å²) in [6.07, 6.45) is 0.113. The second-order valence-electron chi connectivity index (χ2n) is 3.08. The lowest BCUT2D eigenvalue weighted by atomic mass is 10.3. The van der Waals surface area contributed by atoms with Gasteiger partial charge in [0.05, 0.1) is 5.84 Å². The van der Waals surface area contributed by atoms with E-state index in [0.717, 1.165) is 4.57 Å². The first-order chi connectivity index (χ1) is 6.43. The van der Waals surface area contributed by atoms with Crippen molar-refractivity contribution in [2.24, 2.45) is 19.8 Å². The first kappa shape index (κ1) is 10.2.